The molecule has 3 rings (SSSR count). The van der Waals surface area contributed by atoms with E-state index < -0.39 is 5.97 Å². The Balaban J connectivity index is 1.65. The Bertz CT molecular complexity index is 636. The van der Waals surface area contributed by atoms with E-state index in [4.69, 9.17) is 5.11 Å². The maximum absolute atomic E-state index is 11.0. The van der Waals surface area contributed by atoms with Crippen molar-refractivity contribution in [1.29, 1.82) is 0 Å². The van der Waals surface area contributed by atoms with Crippen molar-refractivity contribution >= 4 is 29.1 Å². The lowest BCUT2D eigenvalue weighted by Crippen LogP contribution is -2.18. The molecule has 3 nitrogen and oxygen atoms in total. The van der Waals surface area contributed by atoms with Gasteiger partial charge in [-0.2, -0.15) is 0 Å². The smallest absolute Gasteiger partial charge is 0.347 e. The number of aromatic carboxylic acids is 1. The van der Waals surface area contributed by atoms with E-state index in [0.717, 1.165) is 16.5 Å². The van der Waals surface area contributed by atoms with Crippen molar-refractivity contribution < 1.29 is 9.90 Å². The molecule has 1 aliphatic rings. The molecule has 0 fully saturated rings. The van der Waals surface area contributed by atoms with Crippen LogP contribution in [-0.2, 0) is 6.42 Å². The highest BCUT2D eigenvalue weighted by molar-refractivity contribution is 8.01. The lowest BCUT2D eigenvalue weighted by Gasteiger charge is -2.29. The number of carboxylic acids is 1. The number of aromatic nitrogens is 1. The van der Waals surface area contributed by atoms with Crippen LogP contribution in [0.4, 0.5) is 0 Å². The van der Waals surface area contributed by atoms with E-state index in [1.807, 2.05) is 0 Å². The van der Waals surface area contributed by atoms with Crippen LogP contribution in [-0.4, -0.2) is 21.8 Å². The number of rotatable bonds is 4. The highest BCUT2D eigenvalue weighted by atomic mass is 32.2. The molecule has 0 amide bonds. The number of nitrogens with zero attached hydrogens (tertiary/aromatic N) is 1. The maximum Gasteiger partial charge on any atom is 0.347 e. The molecule has 1 atom stereocenters. The third-order valence-electron chi connectivity index (χ3n) is 3.34. The molecule has 1 unspecified atom stereocenters. The number of aryl methyl sites for hydroxylation is 1. The number of hydrogen-bond donors (Lipinski definition) is 1. The predicted octanol–water partition coefficient (Wildman–Crippen LogP) is 3.58. The van der Waals surface area contributed by atoms with Crippen molar-refractivity contribution in [2.75, 3.05) is 5.75 Å². The molecule has 1 N–H and O–H groups in total. The van der Waals surface area contributed by atoms with Crippen molar-refractivity contribution in [3.05, 3.63) is 46.0 Å². The summed E-state index contributed by atoms with van der Waals surface area (Å²) in [5.41, 5.74) is 3.49. The summed E-state index contributed by atoms with van der Waals surface area (Å²) >= 11 is 2.94. The first kappa shape index (κ1) is 12.7. The Morgan fingerprint density at radius 3 is 3.00 bits per heavy atom. The van der Waals surface area contributed by atoms with Crippen LogP contribution in [0.15, 0.2) is 28.6 Å². The molecule has 98 valence electrons. The second-order valence-corrected chi connectivity index (χ2v) is 6.88. The van der Waals surface area contributed by atoms with Crippen LogP contribution >= 0.6 is 23.1 Å². The summed E-state index contributed by atoms with van der Waals surface area (Å²) in [6.45, 7) is 1.75. The monoisotopic (exact) mass is 291 g/mol. The number of carboxylic acid groups (broad SMARTS) is 1. The van der Waals surface area contributed by atoms with Gasteiger partial charge in [0.2, 0.25) is 0 Å². The second-order valence-electron chi connectivity index (χ2n) is 4.61. The lowest BCUT2D eigenvalue weighted by atomic mass is 9.79. The zero-order chi connectivity index (χ0) is 13.4. The Labute approximate surface area is 119 Å². The Morgan fingerprint density at radius 2 is 2.32 bits per heavy atom. The quantitative estimate of drug-likeness (QED) is 0.875. The number of hydrogen-bond acceptors (Lipinski definition) is 4. The van der Waals surface area contributed by atoms with Gasteiger partial charge in [0.05, 0.1) is 5.69 Å². The molecular formula is C14H13NO2S2. The van der Waals surface area contributed by atoms with Crippen LogP contribution in [0.1, 0.15) is 32.4 Å². The molecule has 0 aliphatic heterocycles. The van der Waals surface area contributed by atoms with Gasteiger partial charge in [-0.25, -0.2) is 9.78 Å². The van der Waals surface area contributed by atoms with Gasteiger partial charge >= 0.3 is 5.97 Å². The SMILES string of the molecule is Cc1nc(SCC2Cc3ccccc32)sc1C(=O)O. The number of carbonyl (C=O) groups is 1. The van der Waals surface area contributed by atoms with E-state index in [1.54, 1.807) is 18.7 Å². The Hall–Kier alpha value is -1.33. The molecule has 2 aromatic rings. The highest BCUT2D eigenvalue weighted by Gasteiger charge is 2.26. The normalized spacial score (nSPS) is 16.8. The van der Waals surface area contributed by atoms with Gasteiger partial charge in [-0.1, -0.05) is 36.0 Å². The van der Waals surface area contributed by atoms with E-state index in [2.05, 4.69) is 29.2 Å². The Kier molecular flexibility index (Phi) is 3.33. The van der Waals surface area contributed by atoms with E-state index in [1.165, 1.54) is 22.5 Å². The summed E-state index contributed by atoms with van der Waals surface area (Å²) in [6.07, 6.45) is 1.12. The van der Waals surface area contributed by atoms with E-state index in [-0.39, 0.29) is 0 Å². The molecule has 0 bridgehead atoms. The van der Waals surface area contributed by atoms with Crippen molar-refractivity contribution in [3.8, 4) is 0 Å². The molecule has 5 heteroatoms. The topological polar surface area (TPSA) is 50.2 Å². The van der Waals surface area contributed by atoms with Gasteiger partial charge in [0, 0.05) is 5.75 Å². The van der Waals surface area contributed by atoms with E-state index in [0.29, 0.717) is 16.5 Å². The molecule has 19 heavy (non-hydrogen) atoms. The summed E-state index contributed by atoms with van der Waals surface area (Å²) in [5.74, 6) is 0.678. The van der Waals surface area contributed by atoms with Gasteiger partial charge in [0.25, 0.3) is 0 Å². The average molecular weight is 291 g/mol. The van der Waals surface area contributed by atoms with Crippen molar-refractivity contribution in [3.63, 3.8) is 0 Å². The number of thioether (sulfide) groups is 1. The van der Waals surface area contributed by atoms with Gasteiger partial charge in [-0.05, 0) is 30.4 Å². The lowest BCUT2D eigenvalue weighted by molar-refractivity contribution is 0.0701. The van der Waals surface area contributed by atoms with E-state index >= 15 is 0 Å². The average Bonchev–Trinajstić information content (AvgIpc) is 2.72. The predicted molar refractivity (Wildman–Crippen MR) is 77.4 cm³/mol. The van der Waals surface area contributed by atoms with Gasteiger partial charge in [0.1, 0.15) is 4.88 Å². The molecule has 1 aromatic heterocycles. The third kappa shape index (κ3) is 2.40. The Morgan fingerprint density at radius 1 is 1.53 bits per heavy atom. The number of thiazole rings is 1. The van der Waals surface area contributed by atoms with Crippen LogP contribution in [0.3, 0.4) is 0 Å². The minimum atomic E-state index is -0.879. The fourth-order valence-corrected chi connectivity index (χ4v) is 4.49. The summed E-state index contributed by atoms with van der Waals surface area (Å²) in [5, 5.41) is 9.01. The van der Waals surface area contributed by atoms with Gasteiger partial charge in [-0.3, -0.25) is 0 Å². The van der Waals surface area contributed by atoms with E-state index in [9.17, 15) is 4.79 Å². The minimum absolute atomic E-state index is 0.358. The molecule has 0 radical (unpaired) electrons. The first-order chi connectivity index (χ1) is 9.15. The van der Waals surface area contributed by atoms with Crippen molar-refractivity contribution in [1.82, 2.24) is 4.98 Å². The number of fused-ring (bicyclic) bond motifs is 1. The number of benzene rings is 1. The molecule has 0 saturated carbocycles. The zero-order valence-electron chi connectivity index (χ0n) is 10.4. The standard InChI is InChI=1S/C14H13NO2S2/c1-8-12(13(16)17)19-14(15-8)18-7-10-6-9-4-2-3-5-11(9)10/h2-5,10H,6-7H2,1H3,(H,16,17). The molecule has 1 heterocycles. The fourth-order valence-electron chi connectivity index (χ4n) is 2.32. The van der Waals surface area contributed by atoms with Gasteiger partial charge in [-0.15, -0.1) is 11.3 Å². The zero-order valence-corrected chi connectivity index (χ0v) is 12.1. The summed E-state index contributed by atoms with van der Waals surface area (Å²) in [7, 11) is 0. The third-order valence-corrected chi connectivity index (χ3v) is 5.79. The van der Waals surface area contributed by atoms with Crippen LogP contribution in [0.25, 0.3) is 0 Å². The first-order valence-corrected chi connectivity index (χ1v) is 7.86. The van der Waals surface area contributed by atoms with Gasteiger partial charge < -0.3 is 5.11 Å². The highest BCUT2D eigenvalue weighted by Crippen LogP contribution is 2.39. The van der Waals surface area contributed by atoms with Crippen LogP contribution in [0.5, 0.6) is 0 Å². The fraction of sp³-hybridized carbons (Fsp3) is 0.286. The molecule has 1 aliphatic carbocycles. The summed E-state index contributed by atoms with van der Waals surface area (Å²) < 4.78 is 0.860. The summed E-state index contributed by atoms with van der Waals surface area (Å²) in [4.78, 5) is 15.6. The molecule has 0 saturated heterocycles. The van der Waals surface area contributed by atoms with Gasteiger partial charge in [0.15, 0.2) is 4.34 Å². The second kappa shape index (κ2) is 4.98. The van der Waals surface area contributed by atoms with Crippen molar-refractivity contribution in [2.24, 2.45) is 0 Å². The molecular weight excluding hydrogens is 278 g/mol. The molecule has 1 aromatic carbocycles. The van der Waals surface area contributed by atoms with Crippen LogP contribution < -0.4 is 0 Å². The minimum Gasteiger partial charge on any atom is -0.477 e. The molecule has 0 spiro atoms. The van der Waals surface area contributed by atoms with Crippen molar-refractivity contribution in [2.45, 2.75) is 23.6 Å². The largest absolute Gasteiger partial charge is 0.477 e. The van der Waals surface area contributed by atoms with Crippen LogP contribution in [0.2, 0.25) is 0 Å². The summed E-state index contributed by atoms with van der Waals surface area (Å²) in [6, 6.07) is 8.50. The van der Waals surface area contributed by atoms with Crippen LogP contribution in [0, 0.1) is 6.92 Å². The maximum atomic E-state index is 11.0. The first-order valence-electron chi connectivity index (χ1n) is 6.06.